The van der Waals surface area contributed by atoms with Crippen LogP contribution in [0.5, 0.6) is 0 Å². The zero-order valence-corrected chi connectivity index (χ0v) is 11.2. The fraction of sp³-hybridized carbons (Fsp3) is 0.308. The van der Waals surface area contributed by atoms with Crippen molar-refractivity contribution in [2.75, 3.05) is 5.32 Å². The first kappa shape index (κ1) is 13.1. The number of amides is 2. The van der Waals surface area contributed by atoms with Crippen molar-refractivity contribution in [3.63, 3.8) is 0 Å². The maximum Gasteiger partial charge on any atom is 0.319 e. The Morgan fingerprint density at radius 2 is 2.11 bits per heavy atom. The molecular formula is C13H17N5O. The van der Waals surface area contributed by atoms with E-state index in [-0.39, 0.29) is 12.1 Å². The largest absolute Gasteiger partial charge is 0.336 e. The van der Waals surface area contributed by atoms with Crippen molar-refractivity contribution in [3.8, 4) is 5.82 Å². The van der Waals surface area contributed by atoms with E-state index in [0.29, 0.717) is 5.69 Å². The molecule has 19 heavy (non-hydrogen) atoms. The molecule has 0 bridgehead atoms. The van der Waals surface area contributed by atoms with Gasteiger partial charge in [-0.1, -0.05) is 0 Å². The van der Waals surface area contributed by atoms with Gasteiger partial charge in [-0.3, -0.25) is 4.57 Å². The average molecular weight is 259 g/mol. The minimum absolute atomic E-state index is 0.0980. The van der Waals surface area contributed by atoms with Gasteiger partial charge in [0.05, 0.1) is 11.9 Å². The van der Waals surface area contributed by atoms with Gasteiger partial charge >= 0.3 is 6.03 Å². The van der Waals surface area contributed by atoms with Crippen molar-refractivity contribution in [1.82, 2.24) is 19.9 Å². The molecule has 0 fully saturated rings. The number of urea groups is 1. The van der Waals surface area contributed by atoms with Crippen LogP contribution < -0.4 is 10.6 Å². The Morgan fingerprint density at radius 1 is 1.32 bits per heavy atom. The molecule has 2 aromatic heterocycles. The summed E-state index contributed by atoms with van der Waals surface area (Å²) in [4.78, 5) is 20.0. The number of anilines is 1. The Kier molecular flexibility index (Phi) is 3.79. The lowest BCUT2D eigenvalue weighted by atomic mass is 10.4. The van der Waals surface area contributed by atoms with E-state index in [1.807, 2.05) is 43.7 Å². The van der Waals surface area contributed by atoms with Crippen molar-refractivity contribution in [2.45, 2.75) is 26.8 Å². The van der Waals surface area contributed by atoms with Crippen LogP contribution in [0, 0.1) is 6.92 Å². The SMILES string of the molecule is Cc1nccn1-c1ccc(NC(=O)NC(C)C)cn1. The molecule has 0 aromatic carbocycles. The summed E-state index contributed by atoms with van der Waals surface area (Å²) in [5, 5.41) is 5.47. The summed E-state index contributed by atoms with van der Waals surface area (Å²) in [6, 6.07) is 3.51. The number of nitrogens with one attached hydrogen (secondary N) is 2. The Balaban J connectivity index is 2.07. The monoisotopic (exact) mass is 259 g/mol. The smallest absolute Gasteiger partial charge is 0.319 e. The molecule has 0 aliphatic carbocycles. The van der Waals surface area contributed by atoms with Gasteiger partial charge in [0.15, 0.2) is 0 Å². The van der Waals surface area contributed by atoms with Gasteiger partial charge in [-0.25, -0.2) is 14.8 Å². The molecule has 2 rings (SSSR count). The number of hydrogen-bond acceptors (Lipinski definition) is 3. The van der Waals surface area contributed by atoms with Crippen LogP contribution in [-0.2, 0) is 0 Å². The van der Waals surface area contributed by atoms with Crippen LogP contribution in [0.4, 0.5) is 10.5 Å². The number of imidazole rings is 1. The molecule has 2 aromatic rings. The lowest BCUT2D eigenvalue weighted by Crippen LogP contribution is -2.34. The van der Waals surface area contributed by atoms with Gasteiger partial charge in [0.1, 0.15) is 11.6 Å². The molecule has 0 aliphatic rings. The second-order valence-corrected chi connectivity index (χ2v) is 4.50. The van der Waals surface area contributed by atoms with E-state index in [1.165, 1.54) is 0 Å². The van der Waals surface area contributed by atoms with Crippen LogP contribution in [0.2, 0.25) is 0 Å². The number of carbonyl (C=O) groups is 1. The number of aromatic nitrogens is 3. The topological polar surface area (TPSA) is 71.8 Å². The standard InChI is InChI=1S/C13H17N5O/c1-9(2)16-13(19)17-11-4-5-12(15-8-11)18-7-6-14-10(18)3/h4-9H,1-3H3,(H2,16,17,19). The number of aryl methyl sites for hydroxylation is 1. The van der Waals surface area contributed by atoms with E-state index in [2.05, 4.69) is 20.6 Å². The van der Waals surface area contributed by atoms with E-state index < -0.39 is 0 Å². The molecule has 2 heterocycles. The highest BCUT2D eigenvalue weighted by Crippen LogP contribution is 2.11. The second kappa shape index (κ2) is 5.51. The first-order chi connectivity index (χ1) is 9.06. The zero-order valence-electron chi connectivity index (χ0n) is 11.2. The van der Waals surface area contributed by atoms with Crippen LogP contribution in [0.25, 0.3) is 5.82 Å². The van der Waals surface area contributed by atoms with Crippen LogP contribution >= 0.6 is 0 Å². The van der Waals surface area contributed by atoms with Gasteiger partial charge in [-0.15, -0.1) is 0 Å². The van der Waals surface area contributed by atoms with Gasteiger partial charge in [0.2, 0.25) is 0 Å². The van der Waals surface area contributed by atoms with Gasteiger partial charge in [0.25, 0.3) is 0 Å². The third-order valence-electron chi connectivity index (χ3n) is 2.50. The second-order valence-electron chi connectivity index (χ2n) is 4.50. The number of nitrogens with zero attached hydrogens (tertiary/aromatic N) is 3. The molecule has 6 nitrogen and oxygen atoms in total. The zero-order chi connectivity index (χ0) is 13.8. The third-order valence-corrected chi connectivity index (χ3v) is 2.50. The van der Waals surface area contributed by atoms with Crippen LogP contribution in [0.3, 0.4) is 0 Å². The Labute approximate surface area is 111 Å². The predicted octanol–water partition coefficient (Wildman–Crippen LogP) is 2.11. The van der Waals surface area contributed by atoms with Gasteiger partial charge < -0.3 is 10.6 Å². The highest BCUT2D eigenvalue weighted by atomic mass is 16.2. The molecule has 0 atom stereocenters. The van der Waals surface area contributed by atoms with Gasteiger partial charge in [-0.2, -0.15) is 0 Å². The Hall–Kier alpha value is -2.37. The molecule has 2 N–H and O–H groups in total. The van der Waals surface area contributed by atoms with Crippen molar-refractivity contribution in [3.05, 3.63) is 36.5 Å². The summed E-state index contributed by atoms with van der Waals surface area (Å²) in [7, 11) is 0. The van der Waals surface area contributed by atoms with E-state index in [0.717, 1.165) is 11.6 Å². The molecule has 0 unspecified atom stereocenters. The molecule has 0 saturated carbocycles. The highest BCUT2D eigenvalue weighted by Gasteiger charge is 2.05. The summed E-state index contributed by atoms with van der Waals surface area (Å²) in [5.74, 6) is 1.63. The lowest BCUT2D eigenvalue weighted by Gasteiger charge is -2.10. The summed E-state index contributed by atoms with van der Waals surface area (Å²) < 4.78 is 1.87. The first-order valence-corrected chi connectivity index (χ1v) is 6.10. The van der Waals surface area contributed by atoms with Crippen molar-refractivity contribution >= 4 is 11.7 Å². The van der Waals surface area contributed by atoms with Crippen LogP contribution in [0.15, 0.2) is 30.7 Å². The minimum atomic E-state index is -0.233. The number of carbonyl (C=O) groups excluding carboxylic acids is 1. The van der Waals surface area contributed by atoms with Crippen molar-refractivity contribution in [1.29, 1.82) is 0 Å². The molecule has 6 heteroatoms. The maximum atomic E-state index is 11.5. The van der Waals surface area contributed by atoms with Crippen LogP contribution in [0.1, 0.15) is 19.7 Å². The normalized spacial score (nSPS) is 10.5. The fourth-order valence-electron chi connectivity index (χ4n) is 1.65. The minimum Gasteiger partial charge on any atom is -0.336 e. The molecule has 0 saturated heterocycles. The summed E-state index contributed by atoms with van der Waals surface area (Å²) in [6.45, 7) is 5.72. The predicted molar refractivity (Wildman–Crippen MR) is 73.4 cm³/mol. The summed E-state index contributed by atoms with van der Waals surface area (Å²) >= 11 is 0. The van der Waals surface area contributed by atoms with E-state index >= 15 is 0 Å². The third kappa shape index (κ3) is 3.31. The molecule has 0 spiro atoms. The number of hydrogen-bond donors (Lipinski definition) is 2. The average Bonchev–Trinajstić information content (AvgIpc) is 2.75. The molecular weight excluding hydrogens is 242 g/mol. The Morgan fingerprint density at radius 3 is 2.63 bits per heavy atom. The highest BCUT2D eigenvalue weighted by molar-refractivity contribution is 5.89. The summed E-state index contributed by atoms with van der Waals surface area (Å²) in [6.07, 6.45) is 5.18. The molecule has 100 valence electrons. The fourth-order valence-corrected chi connectivity index (χ4v) is 1.65. The van der Waals surface area contributed by atoms with E-state index in [1.54, 1.807) is 12.4 Å². The Bertz CT molecular complexity index is 559. The quantitative estimate of drug-likeness (QED) is 0.886. The number of pyridine rings is 1. The molecule has 2 amide bonds. The van der Waals surface area contributed by atoms with Crippen LogP contribution in [-0.4, -0.2) is 26.6 Å². The lowest BCUT2D eigenvalue weighted by molar-refractivity contribution is 0.250. The van der Waals surface area contributed by atoms with Crippen molar-refractivity contribution < 1.29 is 4.79 Å². The molecule has 0 radical (unpaired) electrons. The number of rotatable bonds is 3. The van der Waals surface area contributed by atoms with Gasteiger partial charge in [0, 0.05) is 18.4 Å². The maximum absolute atomic E-state index is 11.5. The van der Waals surface area contributed by atoms with Crippen molar-refractivity contribution in [2.24, 2.45) is 0 Å². The van der Waals surface area contributed by atoms with E-state index in [9.17, 15) is 4.79 Å². The van der Waals surface area contributed by atoms with E-state index in [4.69, 9.17) is 0 Å². The first-order valence-electron chi connectivity index (χ1n) is 6.10. The summed E-state index contributed by atoms with van der Waals surface area (Å²) in [5.41, 5.74) is 0.652. The molecule has 0 aliphatic heterocycles. The van der Waals surface area contributed by atoms with Gasteiger partial charge in [-0.05, 0) is 32.9 Å².